The number of aromatic nitrogens is 2. The van der Waals surface area contributed by atoms with Crippen LogP contribution in [0.25, 0.3) is 5.65 Å². The first-order valence-electron chi connectivity index (χ1n) is 5.87. The zero-order chi connectivity index (χ0) is 11.9. The molecule has 0 N–H and O–H groups in total. The predicted octanol–water partition coefficient (Wildman–Crippen LogP) is 3.76. The first kappa shape index (κ1) is 11.2. The second-order valence-electron chi connectivity index (χ2n) is 5.70. The Hall–Kier alpha value is -1.31. The van der Waals surface area contributed by atoms with Gasteiger partial charge in [0, 0.05) is 23.5 Å². The van der Waals surface area contributed by atoms with Gasteiger partial charge in [0.2, 0.25) is 0 Å². The summed E-state index contributed by atoms with van der Waals surface area (Å²) < 4.78 is 2.22. The van der Waals surface area contributed by atoms with Gasteiger partial charge in [-0.3, -0.25) is 0 Å². The normalized spacial score (nSPS) is 12.6. The summed E-state index contributed by atoms with van der Waals surface area (Å²) in [7, 11) is 0. The Morgan fingerprint density at radius 2 is 1.94 bits per heavy atom. The van der Waals surface area contributed by atoms with Crippen molar-refractivity contribution in [2.75, 3.05) is 0 Å². The fourth-order valence-electron chi connectivity index (χ4n) is 2.26. The molecule has 2 nitrogen and oxygen atoms in total. The highest BCUT2D eigenvalue weighted by Crippen LogP contribution is 2.32. The lowest BCUT2D eigenvalue weighted by Crippen LogP contribution is -2.17. The third kappa shape index (κ3) is 1.73. The summed E-state index contributed by atoms with van der Waals surface area (Å²) in [5, 5.41) is 0. The molecule has 0 bridgehead atoms. The van der Waals surface area contributed by atoms with Gasteiger partial charge in [-0.2, -0.15) is 0 Å². The summed E-state index contributed by atoms with van der Waals surface area (Å²) in [6, 6.07) is 4.21. The van der Waals surface area contributed by atoms with E-state index in [9.17, 15) is 0 Å². The topological polar surface area (TPSA) is 17.3 Å². The average Bonchev–Trinajstić information content (AvgIpc) is 2.55. The average molecular weight is 216 g/mol. The van der Waals surface area contributed by atoms with E-state index in [1.165, 1.54) is 11.3 Å². The lowest BCUT2D eigenvalue weighted by atomic mass is 9.86. The van der Waals surface area contributed by atoms with Crippen molar-refractivity contribution >= 4 is 5.65 Å². The molecule has 0 fully saturated rings. The number of fused-ring (bicyclic) bond motifs is 1. The molecule has 86 valence electrons. The first-order chi connectivity index (χ1) is 7.41. The van der Waals surface area contributed by atoms with Crippen LogP contribution in [0.3, 0.4) is 0 Å². The molecule has 0 unspecified atom stereocenters. The molecular weight excluding hydrogens is 196 g/mol. The molecule has 0 saturated heterocycles. The van der Waals surface area contributed by atoms with Crippen LogP contribution < -0.4 is 0 Å². The van der Waals surface area contributed by atoms with Crippen LogP contribution >= 0.6 is 0 Å². The molecule has 0 aliphatic carbocycles. The molecule has 0 radical (unpaired) electrons. The Kier molecular flexibility index (Phi) is 2.53. The Morgan fingerprint density at radius 1 is 1.25 bits per heavy atom. The quantitative estimate of drug-likeness (QED) is 0.709. The third-order valence-electron chi connectivity index (χ3n) is 2.91. The zero-order valence-electron chi connectivity index (χ0n) is 10.8. The summed E-state index contributed by atoms with van der Waals surface area (Å²) in [6.45, 7) is 11.3. The number of nitrogens with zero attached hydrogens (tertiary/aromatic N) is 2. The fraction of sp³-hybridized carbons (Fsp3) is 0.500. The molecule has 0 aliphatic rings. The van der Waals surface area contributed by atoms with Gasteiger partial charge in [0.1, 0.15) is 5.65 Å². The Labute approximate surface area is 97.3 Å². The highest BCUT2D eigenvalue weighted by Gasteiger charge is 2.24. The lowest BCUT2D eigenvalue weighted by Gasteiger charge is -2.22. The molecule has 0 aromatic carbocycles. The standard InChI is InChI=1S/C14H20N2/c1-10(2)11-9-12-15-7-6-8-16(12)13(11)14(3,4)5/h6-10H,1-5H3. The van der Waals surface area contributed by atoms with Gasteiger partial charge >= 0.3 is 0 Å². The van der Waals surface area contributed by atoms with E-state index in [-0.39, 0.29) is 5.41 Å². The van der Waals surface area contributed by atoms with E-state index in [1.54, 1.807) is 0 Å². The van der Waals surface area contributed by atoms with Crippen molar-refractivity contribution in [2.45, 2.75) is 46.0 Å². The Balaban J connectivity index is 2.80. The van der Waals surface area contributed by atoms with Gasteiger partial charge in [0.05, 0.1) is 0 Å². The second-order valence-corrected chi connectivity index (χ2v) is 5.70. The minimum Gasteiger partial charge on any atom is -0.305 e. The van der Waals surface area contributed by atoms with Crippen LogP contribution in [0.2, 0.25) is 0 Å². The maximum absolute atomic E-state index is 4.42. The van der Waals surface area contributed by atoms with Crippen molar-refractivity contribution in [1.29, 1.82) is 0 Å². The smallest absolute Gasteiger partial charge is 0.137 e. The van der Waals surface area contributed by atoms with E-state index in [1.807, 2.05) is 12.3 Å². The fourth-order valence-corrected chi connectivity index (χ4v) is 2.26. The van der Waals surface area contributed by atoms with Gasteiger partial charge < -0.3 is 4.40 Å². The maximum Gasteiger partial charge on any atom is 0.137 e. The zero-order valence-corrected chi connectivity index (χ0v) is 10.8. The van der Waals surface area contributed by atoms with Crippen LogP contribution in [-0.2, 0) is 5.41 Å². The predicted molar refractivity (Wildman–Crippen MR) is 68.0 cm³/mol. The molecule has 0 saturated carbocycles. The van der Waals surface area contributed by atoms with Crippen molar-refractivity contribution in [2.24, 2.45) is 0 Å². The molecule has 0 amide bonds. The molecule has 2 rings (SSSR count). The second kappa shape index (κ2) is 3.62. The molecule has 2 aromatic rings. The minimum absolute atomic E-state index is 0.148. The number of hydrogen-bond acceptors (Lipinski definition) is 1. The van der Waals surface area contributed by atoms with Gasteiger partial charge in [-0.05, 0) is 23.6 Å². The number of hydrogen-bond donors (Lipinski definition) is 0. The van der Waals surface area contributed by atoms with Gasteiger partial charge in [-0.15, -0.1) is 0 Å². The van der Waals surface area contributed by atoms with Gasteiger partial charge in [0.15, 0.2) is 0 Å². The molecule has 0 spiro atoms. The van der Waals surface area contributed by atoms with E-state index in [0.717, 1.165) is 5.65 Å². The summed E-state index contributed by atoms with van der Waals surface area (Å²) in [5.41, 5.74) is 3.99. The third-order valence-corrected chi connectivity index (χ3v) is 2.91. The van der Waals surface area contributed by atoms with Gasteiger partial charge in [-0.1, -0.05) is 34.6 Å². The minimum atomic E-state index is 0.148. The number of rotatable bonds is 1. The van der Waals surface area contributed by atoms with Crippen molar-refractivity contribution in [3.8, 4) is 0 Å². The summed E-state index contributed by atoms with van der Waals surface area (Å²) in [6.07, 6.45) is 3.96. The maximum atomic E-state index is 4.42. The molecule has 2 aromatic heterocycles. The van der Waals surface area contributed by atoms with E-state index >= 15 is 0 Å². The van der Waals surface area contributed by atoms with Crippen molar-refractivity contribution in [3.63, 3.8) is 0 Å². The van der Waals surface area contributed by atoms with Crippen LogP contribution in [0.4, 0.5) is 0 Å². The van der Waals surface area contributed by atoms with E-state index in [0.29, 0.717) is 5.92 Å². The molecule has 2 heterocycles. The van der Waals surface area contributed by atoms with E-state index in [4.69, 9.17) is 0 Å². The van der Waals surface area contributed by atoms with Crippen LogP contribution in [0, 0.1) is 0 Å². The highest BCUT2D eigenvalue weighted by atomic mass is 15.0. The highest BCUT2D eigenvalue weighted by molar-refractivity contribution is 5.50. The SMILES string of the molecule is CC(C)c1cc2ncccn2c1C(C)(C)C. The largest absolute Gasteiger partial charge is 0.305 e. The van der Waals surface area contributed by atoms with Crippen molar-refractivity contribution in [1.82, 2.24) is 9.38 Å². The monoisotopic (exact) mass is 216 g/mol. The first-order valence-corrected chi connectivity index (χ1v) is 5.87. The summed E-state index contributed by atoms with van der Waals surface area (Å²) >= 11 is 0. The Morgan fingerprint density at radius 3 is 2.50 bits per heavy atom. The molecule has 0 aliphatic heterocycles. The molecule has 0 atom stereocenters. The molecule has 16 heavy (non-hydrogen) atoms. The van der Waals surface area contributed by atoms with E-state index < -0.39 is 0 Å². The lowest BCUT2D eigenvalue weighted by molar-refractivity contribution is 0.551. The van der Waals surface area contributed by atoms with Crippen molar-refractivity contribution < 1.29 is 0 Å². The molecular formula is C14H20N2. The van der Waals surface area contributed by atoms with Crippen LogP contribution in [0.15, 0.2) is 24.5 Å². The Bertz CT molecular complexity index is 501. The van der Waals surface area contributed by atoms with E-state index in [2.05, 4.69) is 56.3 Å². The van der Waals surface area contributed by atoms with Crippen LogP contribution in [0.5, 0.6) is 0 Å². The molecule has 2 heteroatoms. The van der Waals surface area contributed by atoms with Crippen molar-refractivity contribution in [3.05, 3.63) is 35.8 Å². The van der Waals surface area contributed by atoms with Crippen LogP contribution in [0.1, 0.15) is 51.8 Å². The summed E-state index contributed by atoms with van der Waals surface area (Å²) in [5.74, 6) is 0.538. The van der Waals surface area contributed by atoms with Gasteiger partial charge in [-0.25, -0.2) is 4.98 Å². The van der Waals surface area contributed by atoms with Crippen LogP contribution in [-0.4, -0.2) is 9.38 Å². The summed E-state index contributed by atoms with van der Waals surface area (Å²) in [4.78, 5) is 4.42. The van der Waals surface area contributed by atoms with Gasteiger partial charge in [0.25, 0.3) is 0 Å².